The van der Waals surface area contributed by atoms with Crippen molar-refractivity contribution >= 4 is 28.7 Å². The van der Waals surface area contributed by atoms with Crippen molar-refractivity contribution in [2.45, 2.75) is 0 Å². The number of halogens is 1. The minimum absolute atomic E-state index is 0.271. The second-order valence-corrected chi connectivity index (χ2v) is 2.58. The summed E-state index contributed by atoms with van der Waals surface area (Å²) < 4.78 is 5.51. The van der Waals surface area contributed by atoms with Crippen LogP contribution in [-0.2, 0) is 4.74 Å². The lowest BCUT2D eigenvalue weighted by atomic mass is 10.7. The first kappa shape index (κ1) is 9.74. The summed E-state index contributed by atoms with van der Waals surface area (Å²) >= 11 is 2.17. The van der Waals surface area contributed by atoms with Gasteiger partial charge >= 0.3 is 6.09 Å². The number of alkyl carbamates (subject to hydrolysis) is 1. The Hall–Kier alpha value is -0.260. The van der Waals surface area contributed by atoms with Crippen LogP contribution in [0.4, 0.5) is 4.79 Å². The van der Waals surface area contributed by atoms with Gasteiger partial charge in [-0.3, -0.25) is 0 Å². The maximum Gasteiger partial charge on any atom is 0.407 e. The Bertz CT molecular complexity index is 116. The van der Waals surface area contributed by atoms with Crippen LogP contribution in [0, 0.1) is 0 Å². The van der Waals surface area contributed by atoms with Gasteiger partial charge in [0.1, 0.15) is 6.61 Å². The Labute approximate surface area is 74.0 Å². The molecule has 0 heterocycles. The first-order valence-electron chi connectivity index (χ1n) is 2.88. The number of hydrogen-bond donors (Lipinski definition) is 1. The highest BCUT2D eigenvalue weighted by atomic mass is 127. The van der Waals surface area contributed by atoms with Gasteiger partial charge in [-0.1, -0.05) is 35.2 Å². The fourth-order valence-corrected chi connectivity index (χ4v) is 0.605. The van der Waals surface area contributed by atoms with E-state index in [-0.39, 0.29) is 12.7 Å². The van der Waals surface area contributed by atoms with Gasteiger partial charge in [-0.05, 0) is 0 Å². The monoisotopic (exact) mass is 255 g/mol. The van der Waals surface area contributed by atoms with Crippen LogP contribution >= 0.6 is 22.6 Å². The molecule has 0 aromatic rings. The van der Waals surface area contributed by atoms with E-state index in [4.69, 9.17) is 0 Å². The fraction of sp³-hybridized carbons (Fsp3) is 0.500. The molecule has 0 fully saturated rings. The number of amides is 1. The van der Waals surface area contributed by atoms with Crippen LogP contribution in [0.1, 0.15) is 0 Å². The molecule has 0 aliphatic rings. The van der Waals surface area contributed by atoms with Gasteiger partial charge in [-0.15, -0.1) is 0 Å². The van der Waals surface area contributed by atoms with Crippen LogP contribution in [0.3, 0.4) is 0 Å². The molecule has 0 atom stereocenters. The van der Waals surface area contributed by atoms with Gasteiger partial charge < -0.3 is 10.1 Å². The van der Waals surface area contributed by atoms with Gasteiger partial charge in [-0.25, -0.2) is 4.79 Å². The van der Waals surface area contributed by atoms with Crippen LogP contribution in [-0.4, -0.2) is 23.7 Å². The van der Waals surface area contributed by atoms with Gasteiger partial charge in [0.15, 0.2) is 0 Å². The van der Waals surface area contributed by atoms with Crippen LogP contribution in [0.5, 0.6) is 0 Å². The predicted octanol–water partition coefficient (Wildman–Crippen LogP) is 1.33. The normalized spacial score (nSPS) is 8.50. The molecule has 0 saturated heterocycles. The molecule has 0 aliphatic carbocycles. The van der Waals surface area contributed by atoms with E-state index >= 15 is 0 Å². The molecule has 0 rings (SSSR count). The highest BCUT2D eigenvalue weighted by Crippen LogP contribution is 1.80. The first-order valence-corrected chi connectivity index (χ1v) is 4.41. The molecule has 58 valence electrons. The zero-order chi connectivity index (χ0) is 7.82. The quantitative estimate of drug-likeness (QED) is 0.467. The summed E-state index contributed by atoms with van der Waals surface area (Å²) in [6, 6.07) is 0. The molecule has 1 N–H and O–H groups in total. The SMILES string of the molecule is C=CCOC(=O)NCCI. The summed E-state index contributed by atoms with van der Waals surface area (Å²) in [5, 5.41) is 2.55. The Kier molecular flexibility index (Phi) is 6.68. The maximum absolute atomic E-state index is 10.6. The molecule has 1 amide bonds. The zero-order valence-corrected chi connectivity index (χ0v) is 7.76. The van der Waals surface area contributed by atoms with Crippen molar-refractivity contribution < 1.29 is 9.53 Å². The number of alkyl halides is 1. The average Bonchev–Trinajstić information content (AvgIpc) is 1.97. The molecule has 10 heavy (non-hydrogen) atoms. The molecule has 0 aromatic carbocycles. The van der Waals surface area contributed by atoms with Crippen molar-refractivity contribution in [3.63, 3.8) is 0 Å². The van der Waals surface area contributed by atoms with Gasteiger partial charge in [0.2, 0.25) is 0 Å². The number of carbonyl (C=O) groups is 1. The standard InChI is InChI=1S/C6H10INO2/c1-2-5-10-6(9)8-4-3-7/h2H,1,3-5H2,(H,8,9). The predicted molar refractivity (Wildman–Crippen MR) is 48.4 cm³/mol. The smallest absolute Gasteiger partial charge is 0.407 e. The van der Waals surface area contributed by atoms with Crippen molar-refractivity contribution in [2.75, 3.05) is 17.6 Å². The number of rotatable bonds is 4. The van der Waals surface area contributed by atoms with E-state index in [0.29, 0.717) is 6.54 Å². The molecule has 0 unspecified atom stereocenters. The Balaban J connectivity index is 3.16. The largest absolute Gasteiger partial charge is 0.445 e. The van der Waals surface area contributed by atoms with E-state index in [9.17, 15) is 4.79 Å². The average molecular weight is 255 g/mol. The van der Waals surface area contributed by atoms with Crippen molar-refractivity contribution in [2.24, 2.45) is 0 Å². The van der Waals surface area contributed by atoms with Crippen LogP contribution in [0.25, 0.3) is 0 Å². The minimum Gasteiger partial charge on any atom is -0.445 e. The molecule has 0 aliphatic heterocycles. The molecule has 0 spiro atoms. The third-order valence-electron chi connectivity index (χ3n) is 0.696. The molecule has 0 saturated carbocycles. The highest BCUT2D eigenvalue weighted by Gasteiger charge is 1.95. The van der Waals surface area contributed by atoms with Crippen molar-refractivity contribution in [1.29, 1.82) is 0 Å². The van der Waals surface area contributed by atoms with E-state index in [1.54, 1.807) is 0 Å². The second kappa shape index (κ2) is 6.85. The lowest BCUT2D eigenvalue weighted by Gasteiger charge is -2.01. The highest BCUT2D eigenvalue weighted by molar-refractivity contribution is 14.1. The molecule has 0 bridgehead atoms. The number of hydrogen-bond acceptors (Lipinski definition) is 2. The summed E-state index contributed by atoms with van der Waals surface area (Å²) in [6.07, 6.45) is 1.15. The summed E-state index contributed by atoms with van der Waals surface area (Å²) in [4.78, 5) is 10.6. The minimum atomic E-state index is -0.378. The van der Waals surface area contributed by atoms with Crippen LogP contribution in [0.2, 0.25) is 0 Å². The molecule has 0 aromatic heterocycles. The van der Waals surface area contributed by atoms with Gasteiger partial charge in [0.25, 0.3) is 0 Å². The van der Waals surface area contributed by atoms with Crippen LogP contribution in [0.15, 0.2) is 12.7 Å². The number of nitrogens with one attached hydrogen (secondary N) is 1. The molecule has 0 radical (unpaired) electrons. The summed E-state index contributed by atoms with van der Waals surface area (Å²) in [7, 11) is 0. The Morgan fingerprint density at radius 1 is 1.80 bits per heavy atom. The maximum atomic E-state index is 10.6. The fourth-order valence-electron chi connectivity index (χ4n) is 0.335. The van der Waals surface area contributed by atoms with Crippen molar-refractivity contribution in [3.05, 3.63) is 12.7 Å². The van der Waals surface area contributed by atoms with Gasteiger partial charge in [0.05, 0.1) is 0 Å². The molecule has 4 heteroatoms. The lowest BCUT2D eigenvalue weighted by Crippen LogP contribution is -2.25. The van der Waals surface area contributed by atoms with E-state index in [1.165, 1.54) is 6.08 Å². The lowest BCUT2D eigenvalue weighted by molar-refractivity contribution is 0.159. The topological polar surface area (TPSA) is 38.3 Å². The van der Waals surface area contributed by atoms with Crippen LogP contribution < -0.4 is 5.32 Å². The molecular formula is C6H10INO2. The zero-order valence-electron chi connectivity index (χ0n) is 5.60. The Morgan fingerprint density at radius 2 is 2.50 bits per heavy atom. The first-order chi connectivity index (χ1) is 4.81. The van der Waals surface area contributed by atoms with Crippen molar-refractivity contribution in [3.8, 4) is 0 Å². The third kappa shape index (κ3) is 5.87. The Morgan fingerprint density at radius 3 is 3.00 bits per heavy atom. The summed E-state index contributed by atoms with van der Waals surface area (Å²) in [5.74, 6) is 0. The van der Waals surface area contributed by atoms with E-state index in [0.717, 1.165) is 4.43 Å². The van der Waals surface area contributed by atoms with E-state index < -0.39 is 0 Å². The van der Waals surface area contributed by atoms with Crippen molar-refractivity contribution in [1.82, 2.24) is 5.32 Å². The van der Waals surface area contributed by atoms with Gasteiger partial charge in [-0.2, -0.15) is 0 Å². The second-order valence-electron chi connectivity index (χ2n) is 1.50. The molecular weight excluding hydrogens is 245 g/mol. The van der Waals surface area contributed by atoms with E-state index in [1.807, 2.05) is 0 Å². The summed E-state index contributed by atoms with van der Waals surface area (Å²) in [5.41, 5.74) is 0. The third-order valence-corrected chi connectivity index (χ3v) is 1.24. The molecule has 3 nitrogen and oxygen atoms in total. The summed E-state index contributed by atoms with van der Waals surface area (Å²) in [6.45, 7) is 4.33. The number of carbonyl (C=O) groups excluding carboxylic acids is 1. The van der Waals surface area contributed by atoms with E-state index in [2.05, 4.69) is 39.2 Å². The van der Waals surface area contributed by atoms with Gasteiger partial charge in [0, 0.05) is 11.0 Å². The number of ether oxygens (including phenoxy) is 1.